The van der Waals surface area contributed by atoms with Gasteiger partial charge in [-0.25, -0.2) is 4.98 Å². The van der Waals surface area contributed by atoms with Gasteiger partial charge in [0, 0.05) is 24.6 Å². The van der Waals surface area contributed by atoms with Crippen molar-refractivity contribution in [2.24, 2.45) is 0 Å². The standard InChI is InChI=1S/C23H27N3O2/c1-16(2)21-10-5-17(3)13-22(21)28-18(4)23(27)25-14-19-6-8-20(9-7-19)26-12-11-24-15-26/h5-13,15-16,18H,14H2,1-4H3,(H,25,27)/t18-/m1/s1. The summed E-state index contributed by atoms with van der Waals surface area (Å²) in [5.74, 6) is 0.983. The Morgan fingerprint density at radius 2 is 1.89 bits per heavy atom. The van der Waals surface area contributed by atoms with Crippen molar-refractivity contribution in [3.63, 3.8) is 0 Å². The summed E-state index contributed by atoms with van der Waals surface area (Å²) in [6, 6.07) is 14.1. The van der Waals surface area contributed by atoms with E-state index in [1.807, 2.05) is 48.0 Å². The maximum atomic E-state index is 12.5. The molecule has 0 saturated heterocycles. The fourth-order valence-electron chi connectivity index (χ4n) is 3.00. The van der Waals surface area contributed by atoms with E-state index in [0.29, 0.717) is 12.5 Å². The van der Waals surface area contributed by atoms with Crippen LogP contribution in [0, 0.1) is 6.92 Å². The summed E-state index contributed by atoms with van der Waals surface area (Å²) in [7, 11) is 0. The van der Waals surface area contributed by atoms with Crippen LogP contribution in [0.1, 0.15) is 43.4 Å². The van der Waals surface area contributed by atoms with E-state index in [0.717, 1.165) is 28.1 Å². The number of rotatable bonds is 7. The second-order valence-corrected chi connectivity index (χ2v) is 7.31. The fourth-order valence-corrected chi connectivity index (χ4v) is 3.00. The van der Waals surface area contributed by atoms with Crippen molar-refractivity contribution in [2.75, 3.05) is 0 Å². The number of benzene rings is 2. The van der Waals surface area contributed by atoms with Crippen LogP contribution >= 0.6 is 0 Å². The Bertz CT molecular complexity index is 916. The van der Waals surface area contributed by atoms with E-state index >= 15 is 0 Å². The largest absolute Gasteiger partial charge is 0.481 e. The van der Waals surface area contributed by atoms with Gasteiger partial charge >= 0.3 is 0 Å². The van der Waals surface area contributed by atoms with Crippen molar-refractivity contribution >= 4 is 5.91 Å². The molecule has 146 valence electrons. The summed E-state index contributed by atoms with van der Waals surface area (Å²) in [5.41, 5.74) is 4.29. The van der Waals surface area contributed by atoms with E-state index in [1.165, 1.54) is 0 Å². The van der Waals surface area contributed by atoms with E-state index in [4.69, 9.17) is 4.74 Å². The lowest BCUT2D eigenvalue weighted by molar-refractivity contribution is -0.127. The number of hydrogen-bond donors (Lipinski definition) is 1. The number of nitrogens with one attached hydrogen (secondary N) is 1. The smallest absolute Gasteiger partial charge is 0.261 e. The van der Waals surface area contributed by atoms with Gasteiger partial charge in [0.05, 0.1) is 6.33 Å². The number of ether oxygens (including phenoxy) is 1. The molecule has 0 radical (unpaired) electrons. The SMILES string of the molecule is Cc1ccc(C(C)C)c(O[C@H](C)C(=O)NCc2ccc(-n3ccnc3)cc2)c1. The highest BCUT2D eigenvalue weighted by molar-refractivity contribution is 5.80. The fraction of sp³-hybridized carbons (Fsp3) is 0.304. The van der Waals surface area contributed by atoms with Crippen LogP contribution in [0.5, 0.6) is 5.75 Å². The maximum absolute atomic E-state index is 12.5. The number of carbonyl (C=O) groups is 1. The van der Waals surface area contributed by atoms with Crippen molar-refractivity contribution in [3.05, 3.63) is 77.9 Å². The number of hydrogen-bond acceptors (Lipinski definition) is 3. The highest BCUT2D eigenvalue weighted by Gasteiger charge is 2.17. The number of nitrogens with zero attached hydrogens (tertiary/aromatic N) is 2. The predicted molar refractivity (Wildman–Crippen MR) is 111 cm³/mol. The first-order valence-electron chi connectivity index (χ1n) is 9.56. The first-order chi connectivity index (χ1) is 13.4. The molecule has 3 rings (SSSR count). The zero-order chi connectivity index (χ0) is 20.1. The molecule has 0 fully saturated rings. The van der Waals surface area contributed by atoms with Gasteiger partial charge in [-0.2, -0.15) is 0 Å². The summed E-state index contributed by atoms with van der Waals surface area (Å²) in [5, 5.41) is 2.95. The quantitative estimate of drug-likeness (QED) is 0.664. The Balaban J connectivity index is 1.58. The summed E-state index contributed by atoms with van der Waals surface area (Å²) >= 11 is 0. The zero-order valence-corrected chi connectivity index (χ0v) is 16.8. The number of amides is 1. The van der Waals surface area contributed by atoms with E-state index in [1.54, 1.807) is 19.4 Å². The van der Waals surface area contributed by atoms with Crippen molar-refractivity contribution in [1.82, 2.24) is 14.9 Å². The van der Waals surface area contributed by atoms with Crippen LogP contribution in [-0.4, -0.2) is 21.6 Å². The van der Waals surface area contributed by atoms with Gasteiger partial charge in [-0.1, -0.05) is 38.1 Å². The second kappa shape index (κ2) is 8.74. The van der Waals surface area contributed by atoms with E-state index < -0.39 is 6.10 Å². The molecule has 1 heterocycles. The molecule has 0 aliphatic heterocycles. The Hall–Kier alpha value is -3.08. The molecule has 0 spiro atoms. The molecule has 28 heavy (non-hydrogen) atoms. The van der Waals surface area contributed by atoms with Crippen LogP contribution in [0.15, 0.2) is 61.2 Å². The summed E-state index contributed by atoms with van der Waals surface area (Å²) in [6.45, 7) is 8.51. The predicted octanol–water partition coefficient (Wildman–Crippen LogP) is 4.39. The minimum absolute atomic E-state index is 0.130. The molecule has 0 aliphatic rings. The minimum Gasteiger partial charge on any atom is -0.481 e. The Morgan fingerprint density at radius 1 is 1.14 bits per heavy atom. The lowest BCUT2D eigenvalue weighted by Gasteiger charge is -2.19. The molecule has 2 aromatic carbocycles. The lowest BCUT2D eigenvalue weighted by atomic mass is 10.0. The molecule has 0 saturated carbocycles. The van der Waals surface area contributed by atoms with Crippen LogP contribution in [-0.2, 0) is 11.3 Å². The van der Waals surface area contributed by atoms with E-state index in [2.05, 4.69) is 36.3 Å². The van der Waals surface area contributed by atoms with Crippen molar-refractivity contribution in [3.8, 4) is 11.4 Å². The van der Waals surface area contributed by atoms with Gasteiger partial charge in [-0.3, -0.25) is 4.79 Å². The van der Waals surface area contributed by atoms with Gasteiger partial charge in [0.15, 0.2) is 6.10 Å². The molecule has 5 nitrogen and oxygen atoms in total. The molecular weight excluding hydrogens is 350 g/mol. The van der Waals surface area contributed by atoms with Crippen molar-refractivity contribution in [1.29, 1.82) is 0 Å². The topological polar surface area (TPSA) is 56.1 Å². The molecule has 0 unspecified atom stereocenters. The summed E-state index contributed by atoms with van der Waals surface area (Å²) < 4.78 is 7.92. The normalized spacial score (nSPS) is 12.0. The van der Waals surface area contributed by atoms with Crippen LogP contribution in [0.3, 0.4) is 0 Å². The van der Waals surface area contributed by atoms with Crippen LogP contribution in [0.25, 0.3) is 5.69 Å². The van der Waals surface area contributed by atoms with Crippen molar-refractivity contribution < 1.29 is 9.53 Å². The number of carbonyl (C=O) groups excluding carboxylic acids is 1. The molecule has 1 atom stereocenters. The van der Waals surface area contributed by atoms with E-state index in [-0.39, 0.29) is 5.91 Å². The third-order valence-electron chi connectivity index (χ3n) is 4.67. The van der Waals surface area contributed by atoms with Gasteiger partial charge < -0.3 is 14.6 Å². The number of aryl methyl sites for hydroxylation is 1. The maximum Gasteiger partial charge on any atom is 0.261 e. The molecule has 5 heteroatoms. The summed E-state index contributed by atoms with van der Waals surface area (Å²) in [6.07, 6.45) is 4.83. The Labute approximate surface area is 166 Å². The molecular formula is C23H27N3O2. The molecule has 3 aromatic rings. The molecule has 1 amide bonds. The average molecular weight is 377 g/mol. The third-order valence-corrected chi connectivity index (χ3v) is 4.67. The monoisotopic (exact) mass is 377 g/mol. The molecule has 1 aromatic heterocycles. The minimum atomic E-state index is -0.565. The van der Waals surface area contributed by atoms with Crippen LogP contribution in [0.4, 0.5) is 0 Å². The van der Waals surface area contributed by atoms with Gasteiger partial charge in [-0.15, -0.1) is 0 Å². The number of aromatic nitrogens is 2. The number of imidazole rings is 1. The van der Waals surface area contributed by atoms with Crippen LogP contribution in [0.2, 0.25) is 0 Å². The Kier molecular flexibility index (Phi) is 6.14. The first-order valence-corrected chi connectivity index (χ1v) is 9.56. The third kappa shape index (κ3) is 4.80. The first kappa shape index (κ1) is 19.7. The highest BCUT2D eigenvalue weighted by atomic mass is 16.5. The van der Waals surface area contributed by atoms with Gasteiger partial charge in [0.1, 0.15) is 5.75 Å². The zero-order valence-electron chi connectivity index (χ0n) is 16.8. The lowest BCUT2D eigenvalue weighted by Crippen LogP contribution is -2.36. The van der Waals surface area contributed by atoms with E-state index in [9.17, 15) is 4.79 Å². The second-order valence-electron chi connectivity index (χ2n) is 7.31. The molecule has 0 aliphatic carbocycles. The Morgan fingerprint density at radius 3 is 2.54 bits per heavy atom. The van der Waals surface area contributed by atoms with Crippen LogP contribution < -0.4 is 10.1 Å². The highest BCUT2D eigenvalue weighted by Crippen LogP contribution is 2.28. The van der Waals surface area contributed by atoms with Gasteiger partial charge in [0.25, 0.3) is 5.91 Å². The molecule has 1 N–H and O–H groups in total. The van der Waals surface area contributed by atoms with Gasteiger partial charge in [0.2, 0.25) is 0 Å². The van der Waals surface area contributed by atoms with Gasteiger partial charge in [-0.05, 0) is 54.7 Å². The average Bonchev–Trinajstić information content (AvgIpc) is 3.21. The van der Waals surface area contributed by atoms with Crippen molar-refractivity contribution in [2.45, 2.75) is 46.3 Å². The molecule has 0 bridgehead atoms. The summed E-state index contributed by atoms with van der Waals surface area (Å²) in [4.78, 5) is 16.5.